The molecule has 3 rings (SSSR count). The van der Waals surface area contributed by atoms with Crippen LogP contribution in [0.25, 0.3) is 0 Å². The van der Waals surface area contributed by atoms with Crippen molar-refractivity contribution in [3.63, 3.8) is 0 Å². The van der Waals surface area contributed by atoms with Gasteiger partial charge in [0.05, 0.1) is 19.8 Å². The molecule has 2 heterocycles. The number of morpholine rings is 1. The van der Waals surface area contributed by atoms with Gasteiger partial charge in [0.25, 0.3) is 0 Å². The summed E-state index contributed by atoms with van der Waals surface area (Å²) in [5, 5.41) is 3.83. The van der Waals surface area contributed by atoms with Gasteiger partial charge in [-0.1, -0.05) is 31.3 Å². The van der Waals surface area contributed by atoms with Crippen molar-refractivity contribution in [2.24, 2.45) is 23.5 Å². The molecule has 2 fully saturated rings. The Hall–Kier alpha value is -2.49. The van der Waals surface area contributed by atoms with Gasteiger partial charge < -0.3 is 24.6 Å². The number of ether oxygens (including phenoxy) is 2. The molecule has 178 valence electrons. The van der Waals surface area contributed by atoms with Crippen LogP contribution in [-0.2, 0) is 20.7 Å². The maximum atomic E-state index is 13.5. The molecular weight excluding hydrogens is 416 g/mol. The van der Waals surface area contributed by atoms with Crippen LogP contribution in [0.5, 0.6) is 0 Å². The van der Waals surface area contributed by atoms with Gasteiger partial charge in [-0.25, -0.2) is 4.79 Å². The average molecular weight is 451 g/mol. The number of aryl methyl sites for hydroxylation is 1. The van der Waals surface area contributed by atoms with Gasteiger partial charge in [0, 0.05) is 31.3 Å². The summed E-state index contributed by atoms with van der Waals surface area (Å²) in [6, 6.07) is 0. The molecule has 10 nitrogen and oxygen atoms in total. The van der Waals surface area contributed by atoms with Crippen molar-refractivity contribution in [2.45, 2.75) is 58.3 Å². The molecule has 1 aromatic rings. The highest BCUT2D eigenvalue weighted by atomic mass is 16.5. The molecule has 0 radical (unpaired) electrons. The number of hydrogen-bond acceptors (Lipinski definition) is 8. The molecule has 2 atom stereocenters. The number of nitrogens with zero attached hydrogens (tertiary/aromatic N) is 3. The van der Waals surface area contributed by atoms with Gasteiger partial charge in [-0.2, -0.15) is 4.98 Å². The first kappa shape index (κ1) is 24.2. The fraction of sp³-hybridized carbons (Fsp3) is 0.773. The van der Waals surface area contributed by atoms with E-state index in [2.05, 4.69) is 10.1 Å². The summed E-state index contributed by atoms with van der Waals surface area (Å²) in [5.74, 6) is -0.459. The zero-order chi connectivity index (χ0) is 22.9. The number of carbonyl (C=O) groups is 3. The molecule has 0 aromatic carbocycles. The Balaban J connectivity index is 1.80. The second-order valence-corrected chi connectivity index (χ2v) is 8.56. The lowest BCUT2D eigenvalue weighted by Crippen LogP contribution is -2.46. The van der Waals surface area contributed by atoms with Gasteiger partial charge in [-0.15, -0.1) is 0 Å². The van der Waals surface area contributed by atoms with Crippen LogP contribution in [0.3, 0.4) is 0 Å². The van der Waals surface area contributed by atoms with Gasteiger partial charge in [0.2, 0.25) is 23.4 Å². The largest absolute Gasteiger partial charge is 0.450 e. The second-order valence-electron chi connectivity index (χ2n) is 8.56. The van der Waals surface area contributed by atoms with Crippen LogP contribution in [-0.4, -0.2) is 65.7 Å². The van der Waals surface area contributed by atoms with Crippen LogP contribution in [0, 0.1) is 17.8 Å². The highest BCUT2D eigenvalue weighted by Crippen LogP contribution is 2.36. The molecule has 2 unspecified atom stereocenters. The van der Waals surface area contributed by atoms with E-state index in [9.17, 15) is 14.4 Å². The molecule has 0 spiro atoms. The van der Waals surface area contributed by atoms with E-state index in [0.29, 0.717) is 45.0 Å². The average Bonchev–Trinajstić information content (AvgIpc) is 3.31. The Morgan fingerprint density at radius 3 is 2.53 bits per heavy atom. The van der Waals surface area contributed by atoms with E-state index in [1.807, 2.05) is 11.8 Å². The number of carbonyl (C=O) groups excluding carboxylic acids is 3. The van der Waals surface area contributed by atoms with Gasteiger partial charge in [-0.05, 0) is 31.6 Å². The Bertz CT molecular complexity index is 770. The fourth-order valence-electron chi connectivity index (χ4n) is 4.70. The predicted molar refractivity (Wildman–Crippen MR) is 114 cm³/mol. The standard InChI is InChI=1S/C22H34N4O6/c1-2-18-24-20(25-32-18)19(27)16(8-11-31-22(23)29)14-17(15-6-4-3-5-7-15)21(28)26-9-12-30-13-10-26/h15-17H,2-14H2,1H3,(H2,23,29). The predicted octanol–water partition coefficient (Wildman–Crippen LogP) is 2.36. The monoisotopic (exact) mass is 450 g/mol. The van der Waals surface area contributed by atoms with Gasteiger partial charge >= 0.3 is 6.09 Å². The summed E-state index contributed by atoms with van der Waals surface area (Å²) in [7, 11) is 0. The lowest BCUT2D eigenvalue weighted by Gasteiger charge is -2.36. The third kappa shape index (κ3) is 6.51. The van der Waals surface area contributed by atoms with Crippen LogP contribution in [0.2, 0.25) is 0 Å². The summed E-state index contributed by atoms with van der Waals surface area (Å²) in [4.78, 5) is 43.9. The first-order chi connectivity index (χ1) is 15.5. The van der Waals surface area contributed by atoms with E-state index in [-0.39, 0.29) is 42.4 Å². The number of primary amides is 1. The first-order valence-corrected chi connectivity index (χ1v) is 11.6. The Labute approximate surface area is 188 Å². The number of nitrogens with two attached hydrogens (primary N) is 1. The number of ketones is 1. The van der Waals surface area contributed by atoms with Crippen LogP contribution >= 0.6 is 0 Å². The number of Topliss-reactive ketones (excluding diaryl/α,β-unsaturated/α-hetero) is 1. The van der Waals surface area contributed by atoms with Gasteiger partial charge in [-0.3, -0.25) is 9.59 Å². The molecule has 1 saturated heterocycles. The van der Waals surface area contributed by atoms with Crippen LogP contribution < -0.4 is 5.73 Å². The van der Waals surface area contributed by atoms with E-state index in [0.717, 1.165) is 25.7 Å². The molecule has 0 bridgehead atoms. The summed E-state index contributed by atoms with van der Waals surface area (Å²) in [5.41, 5.74) is 5.09. The van der Waals surface area contributed by atoms with Crippen molar-refractivity contribution >= 4 is 17.8 Å². The summed E-state index contributed by atoms with van der Waals surface area (Å²) in [6.07, 6.45) is 5.54. The molecular formula is C22H34N4O6. The Kier molecular flexibility index (Phi) is 9.01. The minimum atomic E-state index is -0.891. The maximum absolute atomic E-state index is 13.5. The van der Waals surface area contributed by atoms with E-state index in [4.69, 9.17) is 19.7 Å². The third-order valence-electron chi connectivity index (χ3n) is 6.47. The first-order valence-electron chi connectivity index (χ1n) is 11.6. The highest BCUT2D eigenvalue weighted by Gasteiger charge is 2.37. The molecule has 2 aliphatic rings. The molecule has 2 amide bonds. The molecule has 32 heavy (non-hydrogen) atoms. The zero-order valence-electron chi connectivity index (χ0n) is 18.8. The number of aromatic nitrogens is 2. The fourth-order valence-corrected chi connectivity index (χ4v) is 4.70. The van der Waals surface area contributed by atoms with E-state index < -0.39 is 12.0 Å². The SMILES string of the molecule is CCc1nc(C(=O)C(CCOC(N)=O)CC(C(=O)N2CCOCC2)C2CCCCC2)no1. The number of rotatable bonds is 10. The number of hydrogen-bond donors (Lipinski definition) is 1. The van der Waals surface area contributed by atoms with Crippen molar-refractivity contribution in [3.8, 4) is 0 Å². The Morgan fingerprint density at radius 2 is 1.91 bits per heavy atom. The molecule has 1 aliphatic carbocycles. The van der Waals surface area contributed by atoms with Crippen molar-refractivity contribution < 1.29 is 28.4 Å². The van der Waals surface area contributed by atoms with Gasteiger partial charge in [0.1, 0.15) is 0 Å². The zero-order valence-corrected chi connectivity index (χ0v) is 18.8. The highest BCUT2D eigenvalue weighted by molar-refractivity contribution is 5.94. The van der Waals surface area contributed by atoms with Crippen molar-refractivity contribution in [3.05, 3.63) is 11.7 Å². The van der Waals surface area contributed by atoms with Crippen LogP contribution in [0.15, 0.2) is 4.52 Å². The molecule has 10 heteroatoms. The molecule has 2 N–H and O–H groups in total. The summed E-state index contributed by atoms with van der Waals surface area (Å²) < 4.78 is 15.4. The van der Waals surface area contributed by atoms with Crippen molar-refractivity contribution in [2.75, 3.05) is 32.9 Å². The normalized spacial score (nSPS) is 19.3. The minimum Gasteiger partial charge on any atom is -0.450 e. The van der Waals surface area contributed by atoms with Crippen LogP contribution in [0.1, 0.15) is 68.4 Å². The Morgan fingerprint density at radius 1 is 1.19 bits per heavy atom. The van der Waals surface area contributed by atoms with Crippen molar-refractivity contribution in [1.29, 1.82) is 0 Å². The number of amides is 2. The smallest absolute Gasteiger partial charge is 0.404 e. The molecule has 1 aromatic heterocycles. The molecule has 1 aliphatic heterocycles. The lowest BCUT2D eigenvalue weighted by molar-refractivity contribution is -0.142. The minimum absolute atomic E-state index is 0.00659. The quantitative estimate of drug-likeness (QED) is 0.536. The second kappa shape index (κ2) is 11.9. The molecule has 1 saturated carbocycles. The topological polar surface area (TPSA) is 138 Å². The van der Waals surface area contributed by atoms with E-state index in [1.54, 1.807) is 0 Å². The van der Waals surface area contributed by atoms with E-state index >= 15 is 0 Å². The van der Waals surface area contributed by atoms with Crippen LogP contribution in [0.4, 0.5) is 4.79 Å². The van der Waals surface area contributed by atoms with Gasteiger partial charge in [0.15, 0.2) is 0 Å². The summed E-state index contributed by atoms with van der Waals surface area (Å²) >= 11 is 0. The summed E-state index contributed by atoms with van der Waals surface area (Å²) in [6.45, 7) is 4.04. The maximum Gasteiger partial charge on any atom is 0.404 e. The van der Waals surface area contributed by atoms with Crippen molar-refractivity contribution in [1.82, 2.24) is 15.0 Å². The van der Waals surface area contributed by atoms with E-state index in [1.165, 1.54) is 6.42 Å². The lowest BCUT2D eigenvalue weighted by atomic mass is 9.74. The third-order valence-corrected chi connectivity index (χ3v) is 6.47.